The van der Waals surface area contributed by atoms with Gasteiger partial charge in [-0.15, -0.1) is 0 Å². The van der Waals surface area contributed by atoms with Crippen LogP contribution in [0.1, 0.15) is 30.5 Å². The number of nitrogens with zero attached hydrogens (tertiary/aromatic N) is 1. The molecular formula is C27H35N7O7S. The molecule has 226 valence electrons. The van der Waals surface area contributed by atoms with Gasteiger partial charge in [0.15, 0.2) is 0 Å². The zero-order chi connectivity index (χ0) is 30.6. The first-order valence-electron chi connectivity index (χ1n) is 13.2. The summed E-state index contributed by atoms with van der Waals surface area (Å²) < 4.78 is 0. The lowest BCUT2D eigenvalue weighted by Gasteiger charge is -2.25. The topological polar surface area (TPSA) is 232 Å². The highest BCUT2D eigenvalue weighted by atomic mass is 32.2. The summed E-state index contributed by atoms with van der Waals surface area (Å²) in [6.45, 7) is 0. The van der Waals surface area contributed by atoms with Crippen molar-refractivity contribution in [1.29, 1.82) is 0 Å². The molecule has 4 atom stereocenters. The number of H-pyrrole nitrogens is 2. The lowest BCUT2D eigenvalue weighted by molar-refractivity contribution is -0.143. The van der Waals surface area contributed by atoms with Crippen LogP contribution in [-0.2, 0) is 36.8 Å². The number of carbonyl (C=O) groups is 5. The maximum atomic E-state index is 13.4. The van der Waals surface area contributed by atoms with E-state index in [1.807, 2.05) is 24.5 Å². The van der Waals surface area contributed by atoms with Gasteiger partial charge in [-0.3, -0.25) is 19.2 Å². The van der Waals surface area contributed by atoms with E-state index in [1.165, 1.54) is 24.3 Å². The first-order valence-corrected chi connectivity index (χ1v) is 14.6. The number of hydrogen-bond donors (Lipinski definition) is 8. The molecule has 14 nitrogen and oxygen atoms in total. The maximum absolute atomic E-state index is 13.4. The first kappa shape index (κ1) is 32.1. The minimum absolute atomic E-state index is 0.0155. The van der Waals surface area contributed by atoms with E-state index >= 15 is 0 Å². The minimum Gasteiger partial charge on any atom is -0.481 e. The van der Waals surface area contributed by atoms with Gasteiger partial charge in [0.2, 0.25) is 17.7 Å². The van der Waals surface area contributed by atoms with Crippen molar-refractivity contribution in [3.63, 3.8) is 0 Å². The monoisotopic (exact) mass is 601 g/mol. The number of nitrogens with one attached hydrogen (secondary N) is 5. The summed E-state index contributed by atoms with van der Waals surface area (Å²) in [7, 11) is 0. The molecule has 1 aromatic carbocycles. The van der Waals surface area contributed by atoms with Crippen molar-refractivity contribution >= 4 is 52.3 Å². The normalized spacial score (nSPS) is 14.0. The lowest BCUT2D eigenvalue weighted by Crippen LogP contribution is -2.58. The molecule has 3 rings (SSSR count). The Hall–Kier alpha value is -4.37. The molecule has 0 aliphatic carbocycles. The number of aliphatic carboxylic acids is 2. The molecule has 0 radical (unpaired) electrons. The molecule has 0 spiro atoms. The molecule has 3 aromatic rings. The van der Waals surface area contributed by atoms with Crippen molar-refractivity contribution in [2.45, 2.75) is 56.3 Å². The van der Waals surface area contributed by atoms with Gasteiger partial charge in [0.25, 0.3) is 0 Å². The Morgan fingerprint density at radius 3 is 2.29 bits per heavy atom. The zero-order valence-electron chi connectivity index (χ0n) is 23.0. The van der Waals surface area contributed by atoms with E-state index in [9.17, 15) is 34.2 Å². The molecular weight excluding hydrogens is 566 g/mol. The Morgan fingerprint density at radius 1 is 0.929 bits per heavy atom. The van der Waals surface area contributed by atoms with Crippen LogP contribution in [-0.4, -0.2) is 91.0 Å². The number of benzene rings is 1. The molecule has 0 fully saturated rings. The highest BCUT2D eigenvalue weighted by Gasteiger charge is 2.31. The molecule has 2 heterocycles. The second kappa shape index (κ2) is 15.6. The summed E-state index contributed by atoms with van der Waals surface area (Å²) in [6, 6.07) is 2.47. The van der Waals surface area contributed by atoms with Gasteiger partial charge in [-0.2, -0.15) is 11.8 Å². The highest BCUT2D eigenvalue weighted by molar-refractivity contribution is 7.98. The number of aromatic amines is 2. The molecule has 0 bridgehead atoms. The van der Waals surface area contributed by atoms with Gasteiger partial charge in [0.1, 0.15) is 18.1 Å². The Balaban J connectivity index is 1.77. The fraction of sp³-hybridized carbons (Fsp3) is 0.407. The number of rotatable bonds is 17. The molecule has 42 heavy (non-hydrogen) atoms. The average molecular weight is 602 g/mol. The Labute approximate surface area is 245 Å². The van der Waals surface area contributed by atoms with Crippen LogP contribution < -0.4 is 21.7 Å². The second-order valence-electron chi connectivity index (χ2n) is 9.69. The number of carboxylic acids is 2. The van der Waals surface area contributed by atoms with Gasteiger partial charge in [-0.25, -0.2) is 9.78 Å². The summed E-state index contributed by atoms with van der Waals surface area (Å²) in [4.78, 5) is 72.5. The number of nitrogens with two attached hydrogens (primary N) is 1. The minimum atomic E-state index is -1.40. The highest BCUT2D eigenvalue weighted by Crippen LogP contribution is 2.19. The smallest absolute Gasteiger partial charge is 0.326 e. The first-order chi connectivity index (χ1) is 20.1. The second-order valence-corrected chi connectivity index (χ2v) is 10.7. The molecule has 0 saturated carbocycles. The van der Waals surface area contributed by atoms with Gasteiger partial charge in [0.05, 0.1) is 12.4 Å². The van der Waals surface area contributed by atoms with Crippen LogP contribution >= 0.6 is 11.8 Å². The summed E-state index contributed by atoms with van der Waals surface area (Å²) in [5.41, 5.74) is 7.94. The van der Waals surface area contributed by atoms with E-state index in [1.54, 1.807) is 12.3 Å². The van der Waals surface area contributed by atoms with Crippen molar-refractivity contribution in [2.24, 2.45) is 5.73 Å². The fourth-order valence-corrected chi connectivity index (χ4v) is 4.77. The summed E-state index contributed by atoms with van der Waals surface area (Å²) in [6.07, 6.45) is 5.91. The predicted molar refractivity (Wildman–Crippen MR) is 156 cm³/mol. The standard InChI is InChI=1S/C27H35N7O7S/c1-42-9-8-18(28)24(37)33-21(11-16-13-29-14-31-16)26(39)32-20(6-7-23(35)36)25(38)34-22(27(40)41)10-15-12-30-19-5-3-2-4-17(15)19/h2-5,12-14,18,20-22,30H,6-11,28H2,1H3,(H,29,31)(H,32,39)(H,33,37)(H,34,38)(H,35,36)(H,40,41). The maximum Gasteiger partial charge on any atom is 0.326 e. The van der Waals surface area contributed by atoms with Crippen LogP contribution in [0.25, 0.3) is 10.9 Å². The molecule has 15 heteroatoms. The molecule has 3 amide bonds. The Kier molecular flexibility index (Phi) is 11.9. The van der Waals surface area contributed by atoms with Crippen molar-refractivity contribution < 1.29 is 34.2 Å². The van der Waals surface area contributed by atoms with Crippen LogP contribution in [0.4, 0.5) is 0 Å². The van der Waals surface area contributed by atoms with Gasteiger partial charge in [-0.1, -0.05) is 18.2 Å². The number of carboxylic acid groups (broad SMARTS) is 2. The fourth-order valence-electron chi connectivity index (χ4n) is 4.28. The number of imidazole rings is 1. The van der Waals surface area contributed by atoms with Gasteiger partial charge in [-0.05, 0) is 36.5 Å². The third-order valence-electron chi connectivity index (χ3n) is 6.58. The van der Waals surface area contributed by atoms with Crippen LogP contribution in [0, 0.1) is 0 Å². The SMILES string of the molecule is CSCCC(N)C(=O)NC(Cc1cnc[nH]1)C(=O)NC(CCC(=O)O)C(=O)NC(Cc1c[nH]c2ccccc12)C(=O)O. The van der Waals surface area contributed by atoms with E-state index in [0.717, 1.165) is 10.9 Å². The van der Waals surface area contributed by atoms with Crippen molar-refractivity contribution in [2.75, 3.05) is 12.0 Å². The quantitative estimate of drug-likeness (QED) is 0.104. The number of para-hydroxylation sites is 1. The van der Waals surface area contributed by atoms with E-state index in [-0.39, 0.29) is 19.3 Å². The van der Waals surface area contributed by atoms with Crippen molar-refractivity contribution in [1.82, 2.24) is 30.9 Å². The van der Waals surface area contributed by atoms with Gasteiger partial charge >= 0.3 is 11.9 Å². The van der Waals surface area contributed by atoms with Crippen molar-refractivity contribution in [3.8, 4) is 0 Å². The number of thioether (sulfide) groups is 1. The molecule has 4 unspecified atom stereocenters. The van der Waals surface area contributed by atoms with Crippen LogP contribution in [0.15, 0.2) is 43.0 Å². The van der Waals surface area contributed by atoms with E-state index in [4.69, 9.17) is 5.73 Å². The van der Waals surface area contributed by atoms with Crippen LogP contribution in [0.2, 0.25) is 0 Å². The largest absolute Gasteiger partial charge is 0.481 e. The molecule has 0 saturated heterocycles. The number of amides is 3. The Bertz CT molecular complexity index is 1380. The van der Waals surface area contributed by atoms with E-state index < -0.39 is 60.2 Å². The third-order valence-corrected chi connectivity index (χ3v) is 7.22. The summed E-state index contributed by atoms with van der Waals surface area (Å²) in [5, 5.41) is 27.4. The number of carbonyl (C=O) groups excluding carboxylic acids is 3. The molecule has 0 aliphatic rings. The molecule has 0 aliphatic heterocycles. The molecule has 9 N–H and O–H groups in total. The number of aromatic nitrogens is 3. The van der Waals surface area contributed by atoms with Gasteiger partial charge in [0, 0.05) is 48.3 Å². The van der Waals surface area contributed by atoms with Gasteiger partial charge < -0.3 is 41.9 Å². The van der Waals surface area contributed by atoms with Crippen molar-refractivity contribution in [3.05, 3.63) is 54.2 Å². The summed E-state index contributed by atoms with van der Waals surface area (Å²) in [5.74, 6) is -4.10. The number of fused-ring (bicyclic) bond motifs is 1. The molecule has 2 aromatic heterocycles. The van der Waals surface area contributed by atoms with Crippen LogP contribution in [0.5, 0.6) is 0 Å². The lowest BCUT2D eigenvalue weighted by atomic mass is 10.0. The van der Waals surface area contributed by atoms with E-state index in [2.05, 4.69) is 30.9 Å². The number of hydrogen-bond acceptors (Lipinski definition) is 8. The third kappa shape index (κ3) is 9.34. The average Bonchev–Trinajstić information content (AvgIpc) is 3.62. The summed E-state index contributed by atoms with van der Waals surface area (Å²) >= 11 is 1.52. The van der Waals surface area contributed by atoms with E-state index in [0.29, 0.717) is 23.4 Å². The predicted octanol–water partition coefficient (Wildman–Crippen LogP) is 0.160. The Morgan fingerprint density at radius 2 is 1.62 bits per heavy atom. The zero-order valence-corrected chi connectivity index (χ0v) is 23.8. The van der Waals surface area contributed by atoms with Crippen LogP contribution in [0.3, 0.4) is 0 Å².